The van der Waals surface area contributed by atoms with E-state index in [1.807, 2.05) is 54.4 Å². The Balaban J connectivity index is 1.76. The van der Waals surface area contributed by atoms with Gasteiger partial charge in [0, 0.05) is 13.2 Å². The first-order chi connectivity index (χ1) is 9.77. The fraction of sp³-hybridized carbons (Fsp3) is 0.200. The average molecular weight is 283 g/mol. The first kappa shape index (κ1) is 11.8. The molecule has 0 N–H and O–H groups in total. The number of pyridine rings is 1. The van der Waals surface area contributed by atoms with Crippen molar-refractivity contribution >= 4 is 29.2 Å². The number of carbonyl (C=O) groups excluding carboxylic acids is 1. The molecule has 0 bridgehead atoms. The van der Waals surface area contributed by atoms with Crippen LogP contribution in [-0.2, 0) is 4.79 Å². The summed E-state index contributed by atoms with van der Waals surface area (Å²) in [5, 5.41) is -0.128. The second-order valence-electron chi connectivity index (χ2n) is 4.92. The van der Waals surface area contributed by atoms with Crippen molar-refractivity contribution in [3.8, 4) is 0 Å². The number of benzene rings is 1. The summed E-state index contributed by atoms with van der Waals surface area (Å²) < 4.78 is 0. The minimum Gasteiger partial charge on any atom is -0.328 e. The Hall–Kier alpha value is -2.01. The molecule has 2 unspecified atom stereocenters. The van der Waals surface area contributed by atoms with Crippen LogP contribution in [0.4, 0.5) is 11.5 Å². The molecule has 1 aromatic carbocycles. The molecule has 0 aliphatic carbocycles. The molecule has 100 valence electrons. The summed E-state index contributed by atoms with van der Waals surface area (Å²) in [6.45, 7) is 0. The van der Waals surface area contributed by atoms with E-state index in [-0.39, 0.29) is 16.7 Å². The molecular formula is C15H13N3OS. The zero-order valence-electron chi connectivity index (χ0n) is 10.9. The Morgan fingerprint density at radius 3 is 2.75 bits per heavy atom. The molecule has 1 saturated heterocycles. The van der Waals surface area contributed by atoms with E-state index in [1.54, 1.807) is 18.0 Å². The van der Waals surface area contributed by atoms with Gasteiger partial charge in [-0.05, 0) is 17.7 Å². The number of aromatic nitrogens is 1. The van der Waals surface area contributed by atoms with Crippen molar-refractivity contribution < 1.29 is 4.79 Å². The second-order valence-corrected chi connectivity index (χ2v) is 6.08. The smallest absolute Gasteiger partial charge is 0.247 e. The van der Waals surface area contributed by atoms with Gasteiger partial charge in [-0.2, -0.15) is 0 Å². The van der Waals surface area contributed by atoms with Gasteiger partial charge < -0.3 is 4.90 Å². The third kappa shape index (κ3) is 1.50. The van der Waals surface area contributed by atoms with E-state index >= 15 is 0 Å². The van der Waals surface area contributed by atoms with Crippen molar-refractivity contribution in [2.75, 3.05) is 16.8 Å². The van der Waals surface area contributed by atoms with Crippen LogP contribution in [0.5, 0.6) is 0 Å². The Labute approximate surface area is 121 Å². The lowest BCUT2D eigenvalue weighted by atomic mass is 10.1. The van der Waals surface area contributed by atoms with E-state index in [1.165, 1.54) is 0 Å². The van der Waals surface area contributed by atoms with Crippen LogP contribution in [0.15, 0.2) is 48.7 Å². The number of thioether (sulfide) groups is 1. The summed E-state index contributed by atoms with van der Waals surface area (Å²) in [6.07, 6.45) is 1.77. The summed E-state index contributed by atoms with van der Waals surface area (Å²) in [5.41, 5.74) is 1.99. The number of rotatable bonds is 1. The van der Waals surface area contributed by atoms with Crippen LogP contribution in [0, 0.1) is 0 Å². The van der Waals surface area contributed by atoms with E-state index in [0.717, 1.165) is 17.1 Å². The Morgan fingerprint density at radius 2 is 1.95 bits per heavy atom. The van der Waals surface area contributed by atoms with Crippen molar-refractivity contribution in [3.63, 3.8) is 0 Å². The Kier molecular flexibility index (Phi) is 2.50. The van der Waals surface area contributed by atoms with Crippen LogP contribution in [0.3, 0.4) is 0 Å². The molecule has 0 spiro atoms. The SMILES string of the molecule is CN1c2ncccc2N2C(=O)C(c3ccccc3)SC12. The molecule has 4 nitrogen and oxygen atoms in total. The molecule has 2 aliphatic heterocycles. The van der Waals surface area contributed by atoms with Gasteiger partial charge in [0.15, 0.2) is 11.3 Å². The predicted molar refractivity (Wildman–Crippen MR) is 80.7 cm³/mol. The lowest BCUT2D eigenvalue weighted by Crippen LogP contribution is -2.36. The van der Waals surface area contributed by atoms with E-state index in [9.17, 15) is 4.79 Å². The van der Waals surface area contributed by atoms with E-state index in [4.69, 9.17) is 0 Å². The normalized spacial score (nSPS) is 23.9. The van der Waals surface area contributed by atoms with Crippen molar-refractivity contribution in [2.45, 2.75) is 10.7 Å². The van der Waals surface area contributed by atoms with Crippen LogP contribution in [-0.4, -0.2) is 23.4 Å². The maximum absolute atomic E-state index is 12.7. The molecule has 1 fully saturated rings. The van der Waals surface area contributed by atoms with Crippen LogP contribution >= 0.6 is 11.8 Å². The minimum absolute atomic E-state index is 0.0117. The highest BCUT2D eigenvalue weighted by Gasteiger charge is 2.49. The molecule has 3 heterocycles. The van der Waals surface area contributed by atoms with Crippen LogP contribution in [0.1, 0.15) is 10.8 Å². The van der Waals surface area contributed by atoms with Crippen LogP contribution < -0.4 is 9.80 Å². The third-order valence-electron chi connectivity index (χ3n) is 3.73. The number of carbonyl (C=O) groups is 1. The maximum atomic E-state index is 12.7. The number of anilines is 2. The monoisotopic (exact) mass is 283 g/mol. The van der Waals surface area contributed by atoms with E-state index < -0.39 is 0 Å². The quantitative estimate of drug-likeness (QED) is 0.806. The summed E-state index contributed by atoms with van der Waals surface area (Å²) in [6, 6.07) is 13.8. The van der Waals surface area contributed by atoms with Gasteiger partial charge in [-0.3, -0.25) is 9.69 Å². The van der Waals surface area contributed by atoms with E-state index in [0.29, 0.717) is 0 Å². The highest BCUT2D eigenvalue weighted by molar-refractivity contribution is 8.01. The lowest BCUT2D eigenvalue weighted by molar-refractivity contribution is -0.117. The number of amides is 1. The van der Waals surface area contributed by atoms with Gasteiger partial charge in [-0.15, -0.1) is 0 Å². The molecule has 4 rings (SSSR count). The van der Waals surface area contributed by atoms with Crippen LogP contribution in [0.25, 0.3) is 0 Å². The number of fused-ring (bicyclic) bond motifs is 3. The largest absolute Gasteiger partial charge is 0.328 e. The molecular weight excluding hydrogens is 270 g/mol. The van der Waals surface area contributed by atoms with Crippen molar-refractivity contribution in [1.29, 1.82) is 0 Å². The van der Waals surface area contributed by atoms with Gasteiger partial charge in [-0.25, -0.2) is 4.98 Å². The number of hydrogen-bond donors (Lipinski definition) is 0. The molecule has 0 saturated carbocycles. The minimum atomic E-state index is -0.128. The fourth-order valence-electron chi connectivity index (χ4n) is 2.78. The standard InChI is InChI=1S/C15H13N3OS/c1-17-13-11(8-5-9-16-13)18-14(19)12(20-15(17)18)10-6-3-2-4-7-10/h2-9,12,15H,1H3. The summed E-state index contributed by atoms with van der Waals surface area (Å²) in [4.78, 5) is 21.1. The molecule has 2 atom stereocenters. The highest BCUT2D eigenvalue weighted by Crippen LogP contribution is 2.52. The first-order valence-corrected chi connectivity index (χ1v) is 7.43. The number of nitrogens with zero attached hydrogens (tertiary/aromatic N) is 3. The summed E-state index contributed by atoms with van der Waals surface area (Å²) >= 11 is 1.67. The van der Waals surface area contributed by atoms with E-state index in [2.05, 4.69) is 9.88 Å². The Morgan fingerprint density at radius 1 is 1.15 bits per heavy atom. The Bertz CT molecular complexity index is 676. The second kappa shape index (κ2) is 4.24. The molecule has 0 radical (unpaired) electrons. The molecule has 5 heteroatoms. The topological polar surface area (TPSA) is 36.4 Å². The molecule has 1 aromatic heterocycles. The summed E-state index contributed by atoms with van der Waals surface area (Å²) in [5.74, 6) is 1.02. The van der Waals surface area contributed by atoms with Gasteiger partial charge in [0.1, 0.15) is 5.25 Å². The third-order valence-corrected chi connectivity index (χ3v) is 5.25. The lowest BCUT2D eigenvalue weighted by Gasteiger charge is -2.19. The molecule has 20 heavy (non-hydrogen) atoms. The maximum Gasteiger partial charge on any atom is 0.247 e. The highest BCUT2D eigenvalue weighted by atomic mass is 32.2. The van der Waals surface area contributed by atoms with Gasteiger partial charge >= 0.3 is 0 Å². The predicted octanol–water partition coefficient (Wildman–Crippen LogP) is 2.64. The van der Waals surface area contributed by atoms with Crippen molar-refractivity contribution in [1.82, 2.24) is 4.98 Å². The summed E-state index contributed by atoms with van der Waals surface area (Å²) in [7, 11) is 1.99. The van der Waals surface area contributed by atoms with Crippen LogP contribution in [0.2, 0.25) is 0 Å². The van der Waals surface area contributed by atoms with Gasteiger partial charge in [-0.1, -0.05) is 42.1 Å². The zero-order valence-corrected chi connectivity index (χ0v) is 11.7. The molecule has 2 aliphatic rings. The average Bonchev–Trinajstić information content (AvgIpc) is 2.98. The zero-order chi connectivity index (χ0) is 13.7. The van der Waals surface area contributed by atoms with Crippen molar-refractivity contribution in [3.05, 3.63) is 54.2 Å². The number of hydrogen-bond acceptors (Lipinski definition) is 4. The molecule has 2 aromatic rings. The van der Waals surface area contributed by atoms with Gasteiger partial charge in [0.2, 0.25) is 5.91 Å². The fourth-order valence-corrected chi connectivity index (χ4v) is 4.19. The van der Waals surface area contributed by atoms with Crippen molar-refractivity contribution in [2.24, 2.45) is 0 Å². The first-order valence-electron chi connectivity index (χ1n) is 6.49. The van der Waals surface area contributed by atoms with Gasteiger partial charge in [0.25, 0.3) is 0 Å². The molecule has 1 amide bonds. The van der Waals surface area contributed by atoms with Gasteiger partial charge in [0.05, 0.1) is 5.69 Å².